The highest BCUT2D eigenvalue weighted by Crippen LogP contribution is 2.33. The highest BCUT2D eigenvalue weighted by atomic mass is 79.9. The fourth-order valence-electron chi connectivity index (χ4n) is 1.87. The lowest BCUT2D eigenvalue weighted by atomic mass is 10.2. The van der Waals surface area contributed by atoms with Crippen LogP contribution in [0.4, 0.5) is 4.39 Å². The molecule has 0 aromatic carbocycles. The number of hydrogen-bond donors (Lipinski definition) is 1. The Morgan fingerprint density at radius 2 is 2.06 bits per heavy atom. The molecule has 2 nitrogen and oxygen atoms in total. The third kappa shape index (κ3) is 4.33. The fourth-order valence-corrected chi connectivity index (χ4v) is 3.62. The molecule has 1 aromatic heterocycles. The Balaban J connectivity index is 0.00000128. The minimum Gasteiger partial charge on any atom is -0.314 e. The zero-order chi connectivity index (χ0) is 10.7. The predicted octanol–water partition coefficient (Wildman–Crippen LogP) is 3.27. The van der Waals surface area contributed by atoms with Gasteiger partial charge in [-0.15, -0.1) is 36.2 Å². The molecule has 2 heterocycles. The van der Waals surface area contributed by atoms with Crippen LogP contribution in [0.15, 0.2) is 15.9 Å². The van der Waals surface area contributed by atoms with Crippen molar-refractivity contribution >= 4 is 52.1 Å². The van der Waals surface area contributed by atoms with E-state index < -0.39 is 0 Å². The largest absolute Gasteiger partial charge is 0.314 e. The van der Waals surface area contributed by atoms with Gasteiger partial charge in [-0.2, -0.15) is 0 Å². The van der Waals surface area contributed by atoms with Crippen molar-refractivity contribution in [3.05, 3.63) is 20.8 Å². The molecule has 7 heteroatoms. The second-order valence-corrected chi connectivity index (χ2v) is 5.39. The number of nitrogens with one attached hydrogen (secondary N) is 1. The van der Waals surface area contributed by atoms with Crippen molar-refractivity contribution in [2.75, 3.05) is 32.9 Å². The van der Waals surface area contributed by atoms with Gasteiger partial charge in [0.15, 0.2) is 0 Å². The molecule has 0 amide bonds. The first-order valence-electron chi connectivity index (χ1n) is 5.06. The van der Waals surface area contributed by atoms with E-state index in [0.717, 1.165) is 35.5 Å². The molecule has 1 atom stereocenters. The molecular weight excluding hydrogens is 350 g/mol. The number of thiophene rings is 1. The molecule has 0 spiro atoms. The van der Waals surface area contributed by atoms with E-state index in [0.29, 0.717) is 0 Å². The van der Waals surface area contributed by atoms with Crippen LogP contribution in [-0.4, -0.2) is 37.8 Å². The second kappa shape index (κ2) is 8.67. The summed E-state index contributed by atoms with van der Waals surface area (Å²) in [6, 6.07) is 1.92. The van der Waals surface area contributed by atoms with Crippen LogP contribution in [-0.2, 0) is 0 Å². The number of rotatable bonds is 3. The number of alkyl halides is 1. The number of halogens is 4. The van der Waals surface area contributed by atoms with Gasteiger partial charge < -0.3 is 5.32 Å². The lowest BCUT2D eigenvalue weighted by Gasteiger charge is -2.33. The van der Waals surface area contributed by atoms with Crippen LogP contribution in [0.2, 0.25) is 0 Å². The van der Waals surface area contributed by atoms with Crippen molar-refractivity contribution in [1.29, 1.82) is 0 Å². The standard InChI is InChI=1S/C10H14BrFN2S.2ClH/c11-8-1-6-15-10(8)9(7-12)14-4-2-13-3-5-14;;/h1,6,9,13H,2-5,7H2;2*1H/t9-;;/m0../s1. The predicted molar refractivity (Wildman–Crippen MR) is 79.7 cm³/mol. The number of nitrogens with zero attached hydrogens (tertiary/aromatic N) is 1. The summed E-state index contributed by atoms with van der Waals surface area (Å²) < 4.78 is 14.1. The maximum Gasteiger partial charge on any atom is 0.110 e. The zero-order valence-corrected chi connectivity index (χ0v) is 13.2. The smallest absolute Gasteiger partial charge is 0.110 e. The van der Waals surface area contributed by atoms with Gasteiger partial charge in [-0.05, 0) is 27.4 Å². The molecule has 0 unspecified atom stereocenters. The van der Waals surface area contributed by atoms with E-state index in [2.05, 4.69) is 26.1 Å². The third-order valence-corrected chi connectivity index (χ3v) is 4.66. The SMILES string of the molecule is Cl.Cl.FC[C@@H](c1sccc1Br)N1CCNCC1. The molecule has 1 fully saturated rings. The number of piperazine rings is 1. The van der Waals surface area contributed by atoms with E-state index in [1.54, 1.807) is 11.3 Å². The molecule has 1 aliphatic rings. The Morgan fingerprint density at radius 3 is 2.53 bits per heavy atom. The van der Waals surface area contributed by atoms with E-state index in [4.69, 9.17) is 0 Å². The minimum atomic E-state index is -0.306. The molecule has 1 saturated heterocycles. The maximum absolute atomic E-state index is 13.1. The molecule has 0 saturated carbocycles. The van der Waals surface area contributed by atoms with Crippen molar-refractivity contribution in [3.8, 4) is 0 Å². The average Bonchev–Trinajstić information content (AvgIpc) is 2.68. The van der Waals surface area contributed by atoms with Crippen molar-refractivity contribution < 1.29 is 4.39 Å². The first-order chi connectivity index (χ1) is 7.33. The van der Waals surface area contributed by atoms with E-state index >= 15 is 0 Å². The van der Waals surface area contributed by atoms with Crippen LogP contribution in [0.3, 0.4) is 0 Å². The Bertz CT molecular complexity index is 321. The van der Waals surface area contributed by atoms with Crippen LogP contribution in [0.25, 0.3) is 0 Å². The number of hydrogen-bond acceptors (Lipinski definition) is 3. The minimum absolute atomic E-state index is 0. The molecule has 1 aliphatic heterocycles. The topological polar surface area (TPSA) is 15.3 Å². The van der Waals surface area contributed by atoms with E-state index in [1.165, 1.54) is 0 Å². The lowest BCUT2D eigenvalue weighted by Crippen LogP contribution is -2.45. The molecule has 2 rings (SSSR count). The van der Waals surface area contributed by atoms with Crippen LogP contribution < -0.4 is 5.32 Å². The molecule has 1 N–H and O–H groups in total. The Kier molecular flexibility index (Phi) is 8.98. The highest BCUT2D eigenvalue weighted by Gasteiger charge is 2.24. The maximum atomic E-state index is 13.1. The summed E-state index contributed by atoms with van der Waals surface area (Å²) in [7, 11) is 0. The van der Waals surface area contributed by atoms with Crippen molar-refractivity contribution in [2.24, 2.45) is 0 Å². The first-order valence-corrected chi connectivity index (χ1v) is 6.74. The molecule has 100 valence electrons. The monoisotopic (exact) mass is 364 g/mol. The Morgan fingerprint density at radius 1 is 1.41 bits per heavy atom. The summed E-state index contributed by atoms with van der Waals surface area (Å²) in [5.74, 6) is 0. The van der Waals surface area contributed by atoms with Crippen molar-refractivity contribution in [2.45, 2.75) is 6.04 Å². The summed E-state index contributed by atoms with van der Waals surface area (Å²) in [6.45, 7) is 3.47. The lowest BCUT2D eigenvalue weighted by molar-refractivity contribution is 0.149. The van der Waals surface area contributed by atoms with Gasteiger partial charge in [-0.25, -0.2) is 4.39 Å². The fraction of sp³-hybridized carbons (Fsp3) is 0.600. The van der Waals surface area contributed by atoms with Crippen molar-refractivity contribution in [3.63, 3.8) is 0 Å². The Hall–Kier alpha value is 0.610. The van der Waals surface area contributed by atoms with E-state index in [1.807, 2.05) is 11.4 Å². The second-order valence-electron chi connectivity index (χ2n) is 3.59. The van der Waals surface area contributed by atoms with Gasteiger partial charge >= 0.3 is 0 Å². The third-order valence-electron chi connectivity index (χ3n) is 2.69. The van der Waals surface area contributed by atoms with Crippen LogP contribution >= 0.6 is 52.1 Å². The van der Waals surface area contributed by atoms with Gasteiger partial charge in [0.25, 0.3) is 0 Å². The van der Waals surface area contributed by atoms with Gasteiger partial charge in [0.1, 0.15) is 6.67 Å². The van der Waals surface area contributed by atoms with Gasteiger partial charge in [0, 0.05) is 35.5 Å². The summed E-state index contributed by atoms with van der Waals surface area (Å²) in [5, 5.41) is 5.29. The zero-order valence-electron chi connectivity index (χ0n) is 9.20. The van der Waals surface area contributed by atoms with Crippen LogP contribution in [0, 0.1) is 0 Å². The quantitative estimate of drug-likeness (QED) is 0.884. The normalized spacial score (nSPS) is 18.0. The summed E-state index contributed by atoms with van der Waals surface area (Å²) in [5.41, 5.74) is 0. The summed E-state index contributed by atoms with van der Waals surface area (Å²) in [6.07, 6.45) is 0. The average molecular weight is 366 g/mol. The summed E-state index contributed by atoms with van der Waals surface area (Å²) >= 11 is 5.10. The van der Waals surface area contributed by atoms with Gasteiger partial charge in [0.2, 0.25) is 0 Å². The first kappa shape index (κ1) is 17.6. The van der Waals surface area contributed by atoms with Gasteiger partial charge in [-0.3, -0.25) is 4.90 Å². The van der Waals surface area contributed by atoms with Gasteiger partial charge in [0.05, 0.1) is 6.04 Å². The van der Waals surface area contributed by atoms with Gasteiger partial charge in [-0.1, -0.05) is 0 Å². The molecule has 17 heavy (non-hydrogen) atoms. The van der Waals surface area contributed by atoms with Crippen LogP contribution in [0.1, 0.15) is 10.9 Å². The molecule has 1 aromatic rings. The molecular formula is C10H16BrCl2FN2S. The molecule has 0 bridgehead atoms. The molecule has 0 aliphatic carbocycles. The van der Waals surface area contributed by atoms with E-state index in [-0.39, 0.29) is 37.5 Å². The van der Waals surface area contributed by atoms with Crippen LogP contribution in [0.5, 0.6) is 0 Å². The molecule has 0 radical (unpaired) electrons. The van der Waals surface area contributed by atoms with Crippen molar-refractivity contribution in [1.82, 2.24) is 10.2 Å². The highest BCUT2D eigenvalue weighted by molar-refractivity contribution is 9.10. The van der Waals surface area contributed by atoms with E-state index in [9.17, 15) is 4.39 Å². The summed E-state index contributed by atoms with van der Waals surface area (Å²) in [4.78, 5) is 3.33. The Labute approximate surface area is 126 Å².